The lowest BCUT2D eigenvalue weighted by Crippen LogP contribution is -2.43. The summed E-state index contributed by atoms with van der Waals surface area (Å²) in [5, 5.41) is 11.4. The molecule has 18 heavy (non-hydrogen) atoms. The van der Waals surface area contributed by atoms with Crippen molar-refractivity contribution in [1.29, 1.82) is 0 Å². The Morgan fingerprint density at radius 2 is 2.11 bits per heavy atom. The molecule has 0 radical (unpaired) electrons. The number of hydrogen-bond acceptors (Lipinski definition) is 3. The molecule has 1 aromatic rings. The molecule has 0 aliphatic carbocycles. The fraction of sp³-hybridized carbons (Fsp3) is 0.417. The Bertz CT molecular complexity index is 493. The summed E-state index contributed by atoms with van der Waals surface area (Å²) in [6.45, 7) is 3.53. The average Bonchev–Trinajstić information content (AvgIpc) is 2.58. The SMILES string of the molecule is CC1(C)SC(c2cccc(F)c2F)N[C@H]1C(=O)O. The van der Waals surface area contributed by atoms with Gasteiger partial charge in [0, 0.05) is 10.3 Å². The van der Waals surface area contributed by atoms with Gasteiger partial charge in [0.2, 0.25) is 0 Å². The Hall–Kier alpha value is -1.14. The third kappa shape index (κ3) is 2.22. The molecule has 0 saturated carbocycles. The van der Waals surface area contributed by atoms with Gasteiger partial charge in [-0.15, -0.1) is 11.8 Å². The highest BCUT2D eigenvalue weighted by Crippen LogP contribution is 2.46. The number of benzene rings is 1. The van der Waals surface area contributed by atoms with E-state index < -0.39 is 33.8 Å². The minimum Gasteiger partial charge on any atom is -0.480 e. The molecule has 0 amide bonds. The highest BCUT2D eigenvalue weighted by molar-refractivity contribution is 8.01. The van der Waals surface area contributed by atoms with Crippen molar-refractivity contribution < 1.29 is 18.7 Å². The van der Waals surface area contributed by atoms with Crippen LogP contribution in [0.3, 0.4) is 0 Å². The molecule has 0 bridgehead atoms. The quantitative estimate of drug-likeness (QED) is 0.869. The molecule has 1 heterocycles. The van der Waals surface area contributed by atoms with Crippen molar-refractivity contribution in [3.8, 4) is 0 Å². The summed E-state index contributed by atoms with van der Waals surface area (Å²) in [6.07, 6.45) is 0. The van der Waals surface area contributed by atoms with Crippen molar-refractivity contribution in [3.05, 3.63) is 35.4 Å². The summed E-state index contributed by atoms with van der Waals surface area (Å²) < 4.78 is 26.2. The van der Waals surface area contributed by atoms with E-state index in [1.54, 1.807) is 13.8 Å². The molecule has 3 nitrogen and oxygen atoms in total. The molecule has 98 valence electrons. The van der Waals surface area contributed by atoms with E-state index in [-0.39, 0.29) is 5.56 Å². The van der Waals surface area contributed by atoms with Gasteiger partial charge in [0.15, 0.2) is 11.6 Å². The molecule has 2 rings (SSSR count). The van der Waals surface area contributed by atoms with E-state index in [9.17, 15) is 13.6 Å². The van der Waals surface area contributed by atoms with Crippen LogP contribution in [-0.2, 0) is 4.79 Å². The van der Waals surface area contributed by atoms with Gasteiger partial charge in [0.1, 0.15) is 6.04 Å². The molecule has 2 N–H and O–H groups in total. The summed E-state index contributed by atoms with van der Waals surface area (Å²) in [6, 6.07) is 3.12. The summed E-state index contributed by atoms with van der Waals surface area (Å²) in [5.41, 5.74) is 0.150. The van der Waals surface area contributed by atoms with Crippen LogP contribution in [0.15, 0.2) is 18.2 Å². The van der Waals surface area contributed by atoms with E-state index >= 15 is 0 Å². The molecular formula is C12H13F2NO2S. The molecule has 1 saturated heterocycles. The van der Waals surface area contributed by atoms with E-state index in [2.05, 4.69) is 5.32 Å². The number of carboxylic acids is 1. The first kappa shape index (κ1) is 13.3. The summed E-state index contributed by atoms with van der Waals surface area (Å²) in [4.78, 5) is 11.1. The average molecular weight is 273 g/mol. The molecule has 1 fully saturated rings. The summed E-state index contributed by atoms with van der Waals surface area (Å²) in [5.74, 6) is -2.84. The van der Waals surface area contributed by atoms with Crippen molar-refractivity contribution in [2.24, 2.45) is 0 Å². The van der Waals surface area contributed by atoms with Crippen LogP contribution in [-0.4, -0.2) is 21.9 Å². The maximum Gasteiger partial charge on any atom is 0.322 e. The van der Waals surface area contributed by atoms with Gasteiger partial charge in [0.05, 0.1) is 5.37 Å². The zero-order chi connectivity index (χ0) is 13.5. The van der Waals surface area contributed by atoms with Crippen LogP contribution < -0.4 is 5.32 Å². The summed E-state index contributed by atoms with van der Waals surface area (Å²) in [7, 11) is 0. The number of carbonyl (C=O) groups is 1. The number of hydrogen-bond donors (Lipinski definition) is 2. The van der Waals surface area contributed by atoms with Crippen molar-refractivity contribution in [2.45, 2.75) is 30.0 Å². The number of nitrogens with one attached hydrogen (secondary N) is 1. The first-order valence-electron chi connectivity index (χ1n) is 5.43. The number of thioether (sulfide) groups is 1. The van der Waals surface area contributed by atoms with Crippen LogP contribution in [0.1, 0.15) is 24.8 Å². The zero-order valence-corrected chi connectivity index (χ0v) is 10.7. The monoisotopic (exact) mass is 273 g/mol. The minimum atomic E-state index is -0.994. The van der Waals surface area contributed by atoms with Crippen molar-refractivity contribution in [1.82, 2.24) is 5.32 Å². The highest BCUT2D eigenvalue weighted by atomic mass is 32.2. The number of rotatable bonds is 2. The molecule has 1 unspecified atom stereocenters. The Morgan fingerprint density at radius 3 is 2.67 bits per heavy atom. The van der Waals surface area contributed by atoms with Crippen LogP contribution >= 0.6 is 11.8 Å². The molecular weight excluding hydrogens is 260 g/mol. The lowest BCUT2D eigenvalue weighted by molar-refractivity contribution is -0.139. The molecule has 0 spiro atoms. The normalized spacial score (nSPS) is 26.2. The second kappa shape index (κ2) is 4.51. The molecule has 1 aliphatic heterocycles. The predicted octanol–water partition coefficient (Wildman–Crippen LogP) is 2.53. The third-order valence-electron chi connectivity index (χ3n) is 2.95. The summed E-state index contributed by atoms with van der Waals surface area (Å²) >= 11 is 1.28. The van der Waals surface area contributed by atoms with Crippen LogP contribution in [0.5, 0.6) is 0 Å². The van der Waals surface area contributed by atoms with Crippen LogP contribution in [0.25, 0.3) is 0 Å². The number of halogens is 2. The van der Waals surface area contributed by atoms with Crippen LogP contribution in [0.4, 0.5) is 8.78 Å². The molecule has 6 heteroatoms. The minimum absolute atomic E-state index is 0.150. The Kier molecular flexibility index (Phi) is 3.33. The van der Waals surface area contributed by atoms with Crippen molar-refractivity contribution in [3.63, 3.8) is 0 Å². The zero-order valence-electron chi connectivity index (χ0n) is 9.91. The van der Waals surface area contributed by atoms with E-state index in [0.29, 0.717) is 0 Å². The maximum absolute atomic E-state index is 13.7. The second-order valence-corrected chi connectivity index (χ2v) is 6.44. The van der Waals surface area contributed by atoms with Gasteiger partial charge in [-0.25, -0.2) is 8.78 Å². The van der Waals surface area contributed by atoms with Gasteiger partial charge in [-0.1, -0.05) is 12.1 Å². The van der Waals surface area contributed by atoms with Gasteiger partial charge in [0.25, 0.3) is 0 Å². The smallest absolute Gasteiger partial charge is 0.322 e. The number of carboxylic acid groups (broad SMARTS) is 1. The van der Waals surface area contributed by atoms with Gasteiger partial charge in [-0.2, -0.15) is 0 Å². The van der Waals surface area contributed by atoms with Gasteiger partial charge >= 0.3 is 5.97 Å². The third-order valence-corrected chi connectivity index (χ3v) is 4.41. The molecule has 1 aliphatic rings. The Morgan fingerprint density at radius 1 is 1.44 bits per heavy atom. The Balaban J connectivity index is 2.32. The molecule has 1 aromatic carbocycles. The predicted molar refractivity (Wildman–Crippen MR) is 65.3 cm³/mol. The molecule has 2 atom stereocenters. The highest BCUT2D eigenvalue weighted by Gasteiger charge is 2.46. The largest absolute Gasteiger partial charge is 0.480 e. The molecule has 0 aromatic heterocycles. The lowest BCUT2D eigenvalue weighted by atomic mass is 10.0. The van der Waals surface area contributed by atoms with Crippen LogP contribution in [0, 0.1) is 11.6 Å². The van der Waals surface area contributed by atoms with Gasteiger partial charge in [-0.3, -0.25) is 10.1 Å². The van der Waals surface area contributed by atoms with Crippen LogP contribution in [0.2, 0.25) is 0 Å². The fourth-order valence-electron chi connectivity index (χ4n) is 2.00. The Labute approximate surface area is 108 Å². The first-order valence-corrected chi connectivity index (χ1v) is 6.31. The lowest BCUT2D eigenvalue weighted by Gasteiger charge is -2.20. The van der Waals surface area contributed by atoms with Gasteiger partial charge in [-0.05, 0) is 19.9 Å². The van der Waals surface area contributed by atoms with E-state index in [1.807, 2.05) is 0 Å². The van der Waals surface area contributed by atoms with Gasteiger partial charge < -0.3 is 5.11 Å². The van der Waals surface area contributed by atoms with E-state index in [4.69, 9.17) is 5.11 Å². The number of aliphatic carboxylic acids is 1. The standard InChI is InChI=1S/C12H13F2NO2S/c1-12(2)9(11(16)17)15-10(18-12)6-4-3-5-7(13)8(6)14/h3-5,9-10,15H,1-2H3,(H,16,17)/t9-,10?/m0/s1. The second-order valence-electron chi connectivity index (χ2n) is 4.68. The van der Waals surface area contributed by atoms with E-state index in [0.717, 1.165) is 6.07 Å². The van der Waals surface area contributed by atoms with Crippen molar-refractivity contribution >= 4 is 17.7 Å². The first-order chi connectivity index (χ1) is 8.33. The van der Waals surface area contributed by atoms with E-state index in [1.165, 1.54) is 23.9 Å². The fourth-order valence-corrected chi connectivity index (χ4v) is 3.43. The van der Waals surface area contributed by atoms with Crippen molar-refractivity contribution in [2.75, 3.05) is 0 Å². The topological polar surface area (TPSA) is 49.3 Å². The maximum atomic E-state index is 13.7.